The van der Waals surface area contributed by atoms with Crippen LogP contribution >= 0.6 is 8.03 Å². The first-order chi connectivity index (χ1) is 6.68. The molecule has 0 aliphatic rings. The van der Waals surface area contributed by atoms with E-state index in [1.54, 1.807) is 24.3 Å². The highest BCUT2D eigenvalue weighted by Crippen LogP contribution is 2.22. The molecule has 1 unspecified atom stereocenters. The van der Waals surface area contributed by atoms with Crippen LogP contribution in [0.2, 0.25) is 0 Å². The summed E-state index contributed by atoms with van der Waals surface area (Å²) in [5.41, 5.74) is 6.43. The van der Waals surface area contributed by atoms with Crippen molar-refractivity contribution >= 4 is 29.8 Å². The molecule has 4 heteroatoms. The van der Waals surface area contributed by atoms with Crippen LogP contribution < -0.4 is 11.0 Å². The Morgan fingerprint density at radius 1 is 1.21 bits per heavy atom. The maximum atomic E-state index is 10.8. The minimum absolute atomic E-state index is 0.429. The molecule has 0 saturated carbocycles. The third kappa shape index (κ3) is 1.48. The van der Waals surface area contributed by atoms with Crippen LogP contribution in [0, 0.1) is 0 Å². The molecule has 0 amide bonds. The van der Waals surface area contributed by atoms with Crippen molar-refractivity contribution in [2.24, 2.45) is 0 Å². The van der Waals surface area contributed by atoms with Crippen molar-refractivity contribution in [2.75, 3.05) is 5.73 Å². The van der Waals surface area contributed by atoms with Gasteiger partial charge < -0.3 is 5.73 Å². The molecule has 0 spiro atoms. The van der Waals surface area contributed by atoms with E-state index in [1.807, 2.05) is 12.1 Å². The van der Waals surface area contributed by atoms with Gasteiger partial charge in [0, 0.05) is 17.1 Å². The van der Waals surface area contributed by atoms with E-state index in [2.05, 4.69) is 0 Å². The summed E-state index contributed by atoms with van der Waals surface area (Å²) in [6.45, 7) is 0. The molecule has 14 heavy (non-hydrogen) atoms. The standard InChI is InChI=1S/C10H8NO2P/c11-10-3-1-2-7-6-8(14(12)13)4-5-9(7)10/h1-6H,11H2/p+1. The molecule has 0 aliphatic heterocycles. The third-order valence-electron chi connectivity index (χ3n) is 2.12. The highest BCUT2D eigenvalue weighted by Gasteiger charge is 2.15. The van der Waals surface area contributed by atoms with Crippen LogP contribution in [-0.4, -0.2) is 4.89 Å². The van der Waals surface area contributed by atoms with Gasteiger partial charge in [0.1, 0.15) is 0 Å². The maximum absolute atomic E-state index is 10.8. The molecule has 0 radical (unpaired) electrons. The molecule has 1 atom stereocenters. The fourth-order valence-electron chi connectivity index (χ4n) is 1.42. The van der Waals surface area contributed by atoms with Gasteiger partial charge in [-0.2, -0.15) is 4.89 Å². The second kappa shape index (κ2) is 3.37. The quantitative estimate of drug-likeness (QED) is 0.552. The molecular weight excluding hydrogens is 197 g/mol. The van der Waals surface area contributed by atoms with Gasteiger partial charge in [-0.25, -0.2) is 0 Å². The molecule has 2 aromatic carbocycles. The van der Waals surface area contributed by atoms with Crippen molar-refractivity contribution in [3.05, 3.63) is 36.4 Å². The monoisotopic (exact) mass is 206 g/mol. The zero-order valence-corrected chi connectivity index (χ0v) is 8.24. The summed E-state index contributed by atoms with van der Waals surface area (Å²) in [7, 11) is -2.27. The first-order valence-electron chi connectivity index (χ1n) is 4.13. The highest BCUT2D eigenvalue weighted by molar-refractivity contribution is 7.47. The molecule has 0 fully saturated rings. The summed E-state index contributed by atoms with van der Waals surface area (Å²) >= 11 is 0. The van der Waals surface area contributed by atoms with Crippen LogP contribution in [-0.2, 0) is 4.57 Å². The fourth-order valence-corrected chi connectivity index (χ4v) is 1.87. The van der Waals surface area contributed by atoms with Crippen LogP contribution in [0.4, 0.5) is 5.69 Å². The van der Waals surface area contributed by atoms with Gasteiger partial charge in [0.15, 0.2) is 0 Å². The molecule has 0 saturated heterocycles. The van der Waals surface area contributed by atoms with Gasteiger partial charge in [0.25, 0.3) is 0 Å². The zero-order valence-electron chi connectivity index (χ0n) is 7.34. The van der Waals surface area contributed by atoms with Crippen molar-refractivity contribution in [3.8, 4) is 0 Å². The molecule has 2 aromatic rings. The van der Waals surface area contributed by atoms with Crippen molar-refractivity contribution in [2.45, 2.75) is 0 Å². The fraction of sp³-hybridized carbons (Fsp3) is 0. The largest absolute Gasteiger partial charge is 0.546 e. The number of fused-ring (bicyclic) bond motifs is 1. The number of anilines is 1. The van der Waals surface area contributed by atoms with Gasteiger partial charge in [0.05, 0.1) is 0 Å². The summed E-state index contributed by atoms with van der Waals surface area (Å²) in [5.74, 6) is 0. The van der Waals surface area contributed by atoms with Gasteiger partial charge in [0.2, 0.25) is 5.30 Å². The van der Waals surface area contributed by atoms with Gasteiger partial charge in [-0.05, 0) is 28.2 Å². The van der Waals surface area contributed by atoms with Gasteiger partial charge >= 0.3 is 8.03 Å². The molecule has 0 bridgehead atoms. The van der Waals surface area contributed by atoms with Crippen molar-refractivity contribution < 1.29 is 9.46 Å². The predicted molar refractivity (Wildman–Crippen MR) is 57.8 cm³/mol. The lowest BCUT2D eigenvalue weighted by Gasteiger charge is -1.99. The van der Waals surface area contributed by atoms with Gasteiger partial charge in [-0.3, -0.25) is 0 Å². The van der Waals surface area contributed by atoms with E-state index >= 15 is 0 Å². The molecule has 0 aromatic heterocycles. The number of hydrogen-bond acceptors (Lipinski definition) is 2. The minimum atomic E-state index is -2.27. The molecule has 2 rings (SSSR count). The second-order valence-corrected chi connectivity index (χ2v) is 4.09. The summed E-state index contributed by atoms with van der Waals surface area (Å²) < 4.78 is 10.8. The predicted octanol–water partition coefficient (Wildman–Crippen LogP) is 1.78. The minimum Gasteiger partial charge on any atom is -0.398 e. The number of rotatable bonds is 1. The van der Waals surface area contributed by atoms with Crippen molar-refractivity contribution in [1.29, 1.82) is 0 Å². The molecule has 70 valence electrons. The van der Waals surface area contributed by atoms with Gasteiger partial charge in [-0.15, -0.1) is 0 Å². The number of hydrogen-bond donors (Lipinski definition) is 2. The number of benzene rings is 2. The van der Waals surface area contributed by atoms with Crippen molar-refractivity contribution in [1.82, 2.24) is 0 Å². The first kappa shape index (κ1) is 9.13. The van der Waals surface area contributed by atoms with E-state index in [1.165, 1.54) is 0 Å². The van der Waals surface area contributed by atoms with E-state index in [9.17, 15) is 4.57 Å². The Morgan fingerprint density at radius 3 is 2.71 bits per heavy atom. The van der Waals surface area contributed by atoms with E-state index in [-0.39, 0.29) is 0 Å². The normalized spacial score (nSPS) is 11.6. The molecular formula is C10H9NO2P+. The smallest absolute Gasteiger partial charge is 0.398 e. The summed E-state index contributed by atoms with van der Waals surface area (Å²) in [4.78, 5) is 8.93. The van der Waals surface area contributed by atoms with Crippen LogP contribution in [0.5, 0.6) is 0 Å². The summed E-state index contributed by atoms with van der Waals surface area (Å²) in [6, 6.07) is 10.6. The average molecular weight is 206 g/mol. The summed E-state index contributed by atoms with van der Waals surface area (Å²) in [6.07, 6.45) is 0. The molecule has 0 heterocycles. The lowest BCUT2D eigenvalue weighted by Crippen LogP contribution is -1.96. The lowest BCUT2D eigenvalue weighted by atomic mass is 10.1. The number of nitrogens with two attached hydrogens (primary N) is 1. The van der Waals surface area contributed by atoms with Crippen LogP contribution in [0.15, 0.2) is 36.4 Å². The third-order valence-corrected chi connectivity index (χ3v) is 2.84. The Balaban J connectivity index is 2.73. The first-order valence-corrected chi connectivity index (χ1v) is 5.34. The van der Waals surface area contributed by atoms with Crippen molar-refractivity contribution in [3.63, 3.8) is 0 Å². The van der Waals surface area contributed by atoms with Crippen LogP contribution in [0.3, 0.4) is 0 Å². The van der Waals surface area contributed by atoms with Crippen LogP contribution in [0.1, 0.15) is 0 Å². The Kier molecular flexibility index (Phi) is 2.20. The Hall–Kier alpha value is -1.44. The van der Waals surface area contributed by atoms with E-state index < -0.39 is 8.03 Å². The average Bonchev–Trinajstić information content (AvgIpc) is 2.17. The van der Waals surface area contributed by atoms with E-state index in [0.29, 0.717) is 11.0 Å². The number of nitrogen functional groups attached to an aromatic ring is 1. The van der Waals surface area contributed by atoms with E-state index in [4.69, 9.17) is 10.6 Å². The highest BCUT2D eigenvalue weighted by atomic mass is 31.1. The SMILES string of the molecule is Nc1cccc2cc([P+](=O)O)ccc12. The Labute approximate surface area is 82.0 Å². The second-order valence-electron chi connectivity index (χ2n) is 3.03. The Bertz CT molecular complexity index is 510. The van der Waals surface area contributed by atoms with Crippen LogP contribution in [0.25, 0.3) is 10.8 Å². The molecule has 0 aliphatic carbocycles. The zero-order chi connectivity index (χ0) is 10.1. The lowest BCUT2D eigenvalue weighted by molar-refractivity contribution is 0.513. The van der Waals surface area contributed by atoms with Gasteiger partial charge in [-0.1, -0.05) is 12.1 Å². The Morgan fingerprint density at radius 2 is 2.00 bits per heavy atom. The summed E-state index contributed by atoms with van der Waals surface area (Å²) in [5, 5.41) is 2.23. The topological polar surface area (TPSA) is 63.3 Å². The molecule has 3 N–H and O–H groups in total. The van der Waals surface area contributed by atoms with E-state index in [0.717, 1.165) is 10.8 Å². The maximum Gasteiger partial charge on any atom is 0.546 e. The molecule has 3 nitrogen and oxygen atoms in total.